The van der Waals surface area contributed by atoms with Gasteiger partial charge in [0.25, 0.3) is 0 Å². The molecule has 3 nitrogen and oxygen atoms in total. The Labute approximate surface area is 153 Å². The summed E-state index contributed by atoms with van der Waals surface area (Å²) in [4.78, 5) is 25.3. The number of amides is 1. The van der Waals surface area contributed by atoms with Crippen molar-refractivity contribution in [1.82, 2.24) is 5.32 Å². The second kappa shape index (κ2) is 8.68. The largest absolute Gasteiger partial charge is 0.416 e. The lowest BCUT2D eigenvalue weighted by molar-refractivity contribution is -0.137. The highest BCUT2D eigenvalue weighted by molar-refractivity contribution is 7.14. The molecule has 0 atom stereocenters. The third kappa shape index (κ3) is 6.05. The summed E-state index contributed by atoms with van der Waals surface area (Å²) in [7, 11) is 0. The van der Waals surface area contributed by atoms with E-state index >= 15 is 0 Å². The molecule has 0 unspecified atom stereocenters. The summed E-state index contributed by atoms with van der Waals surface area (Å²) in [6, 6.07) is 8.26. The summed E-state index contributed by atoms with van der Waals surface area (Å²) in [5.41, 5.74) is -0.548. The number of alkyl halides is 3. The Morgan fingerprint density at radius 2 is 1.92 bits per heavy atom. The summed E-state index contributed by atoms with van der Waals surface area (Å²) in [6.07, 6.45) is -4.27. The monoisotopic (exact) mass is 379 g/mol. The molecule has 1 aromatic carbocycles. The summed E-state index contributed by atoms with van der Waals surface area (Å²) in [6.45, 7) is 1.90. The molecule has 2 rings (SSSR count). The SMILES string of the molecule is Cc1ccc(C(=O)CCC(=O)NCC#Cc2cccc(C(F)(F)F)c2)s1. The van der Waals surface area contributed by atoms with Gasteiger partial charge in [-0.05, 0) is 37.3 Å². The molecule has 0 saturated carbocycles. The number of carbonyl (C=O) groups is 2. The van der Waals surface area contributed by atoms with Crippen LogP contribution in [0.2, 0.25) is 0 Å². The highest BCUT2D eigenvalue weighted by atomic mass is 32.1. The van der Waals surface area contributed by atoms with E-state index in [1.807, 2.05) is 13.0 Å². The smallest absolute Gasteiger partial charge is 0.345 e. The second-order valence-corrected chi connectivity index (χ2v) is 6.78. The predicted octanol–water partition coefficient (Wildman–Crippen LogP) is 4.21. The molecule has 1 aromatic heterocycles. The van der Waals surface area contributed by atoms with Crippen molar-refractivity contribution in [3.05, 3.63) is 57.3 Å². The first-order valence-electron chi connectivity index (χ1n) is 7.78. The van der Waals surface area contributed by atoms with Gasteiger partial charge in [0.05, 0.1) is 17.0 Å². The molecule has 0 radical (unpaired) electrons. The number of aryl methyl sites for hydroxylation is 1. The Balaban J connectivity index is 1.79. The lowest BCUT2D eigenvalue weighted by atomic mass is 10.1. The minimum absolute atomic E-state index is 0.00137. The number of ketones is 1. The van der Waals surface area contributed by atoms with Crippen LogP contribution in [0.4, 0.5) is 13.2 Å². The van der Waals surface area contributed by atoms with Crippen molar-refractivity contribution in [2.75, 3.05) is 6.54 Å². The molecular formula is C19H16F3NO2S. The van der Waals surface area contributed by atoms with E-state index in [1.54, 1.807) is 6.07 Å². The van der Waals surface area contributed by atoms with E-state index in [-0.39, 0.29) is 36.6 Å². The molecule has 0 saturated heterocycles. The third-order valence-corrected chi connectivity index (χ3v) is 4.43. The molecule has 0 aliphatic rings. The number of benzene rings is 1. The van der Waals surface area contributed by atoms with E-state index in [4.69, 9.17) is 0 Å². The number of nitrogens with one attached hydrogen (secondary N) is 1. The van der Waals surface area contributed by atoms with Gasteiger partial charge in [0, 0.05) is 23.3 Å². The molecule has 0 bridgehead atoms. The number of halogens is 3. The number of thiophene rings is 1. The predicted molar refractivity (Wildman–Crippen MR) is 94.0 cm³/mol. The zero-order valence-electron chi connectivity index (χ0n) is 13.9. The number of hydrogen-bond donors (Lipinski definition) is 1. The minimum atomic E-state index is -4.42. The van der Waals surface area contributed by atoms with E-state index in [2.05, 4.69) is 17.2 Å². The molecule has 0 aliphatic carbocycles. The highest BCUT2D eigenvalue weighted by Crippen LogP contribution is 2.29. The molecule has 0 spiro atoms. The molecule has 1 heterocycles. The van der Waals surface area contributed by atoms with Gasteiger partial charge >= 0.3 is 6.18 Å². The summed E-state index contributed by atoms with van der Waals surface area (Å²) in [5.74, 6) is 4.76. The van der Waals surface area contributed by atoms with Gasteiger partial charge in [0.1, 0.15) is 0 Å². The number of hydrogen-bond acceptors (Lipinski definition) is 3. The Bertz CT molecular complexity index is 859. The van der Waals surface area contributed by atoms with Crippen LogP contribution in [-0.2, 0) is 11.0 Å². The van der Waals surface area contributed by atoms with Crippen LogP contribution in [0.5, 0.6) is 0 Å². The average Bonchev–Trinajstić information content (AvgIpc) is 3.02. The summed E-state index contributed by atoms with van der Waals surface area (Å²) >= 11 is 1.39. The van der Waals surface area contributed by atoms with Crippen LogP contribution < -0.4 is 5.32 Å². The minimum Gasteiger partial charge on any atom is -0.345 e. The van der Waals surface area contributed by atoms with E-state index in [9.17, 15) is 22.8 Å². The first-order valence-corrected chi connectivity index (χ1v) is 8.60. The molecule has 0 aliphatic heterocycles. The maximum atomic E-state index is 12.6. The van der Waals surface area contributed by atoms with Crippen LogP contribution in [0.15, 0.2) is 36.4 Å². The molecule has 1 N–H and O–H groups in total. The summed E-state index contributed by atoms with van der Waals surface area (Å²) in [5, 5.41) is 2.53. The zero-order valence-corrected chi connectivity index (χ0v) is 14.8. The molecule has 26 heavy (non-hydrogen) atoms. The maximum Gasteiger partial charge on any atom is 0.416 e. The lowest BCUT2D eigenvalue weighted by Crippen LogP contribution is -2.23. The fourth-order valence-electron chi connectivity index (χ4n) is 2.09. The topological polar surface area (TPSA) is 46.2 Å². The fourth-order valence-corrected chi connectivity index (χ4v) is 2.92. The Morgan fingerprint density at radius 1 is 1.15 bits per heavy atom. The fraction of sp³-hybridized carbons (Fsp3) is 0.263. The van der Waals surface area contributed by atoms with Crippen LogP contribution in [0.1, 0.15) is 38.5 Å². The van der Waals surface area contributed by atoms with E-state index < -0.39 is 11.7 Å². The molecule has 136 valence electrons. The lowest BCUT2D eigenvalue weighted by Gasteiger charge is -2.05. The second-order valence-electron chi connectivity index (χ2n) is 5.49. The van der Waals surface area contributed by atoms with Crippen LogP contribution >= 0.6 is 11.3 Å². The Kier molecular flexibility index (Phi) is 6.58. The maximum absolute atomic E-state index is 12.6. The molecule has 0 fully saturated rings. The van der Waals surface area contributed by atoms with Gasteiger partial charge in [-0.3, -0.25) is 9.59 Å². The molecule has 2 aromatic rings. The van der Waals surface area contributed by atoms with Gasteiger partial charge < -0.3 is 5.32 Å². The van der Waals surface area contributed by atoms with E-state index in [0.29, 0.717) is 4.88 Å². The summed E-state index contributed by atoms with van der Waals surface area (Å²) < 4.78 is 37.8. The van der Waals surface area contributed by atoms with E-state index in [0.717, 1.165) is 17.0 Å². The Hall–Kier alpha value is -2.59. The standard InChI is InChI=1S/C19H16F3NO2S/c1-13-7-9-17(26-13)16(24)8-10-18(25)23-11-3-5-14-4-2-6-15(12-14)19(20,21)22/h2,4,6-7,9,12H,8,10-11H2,1H3,(H,23,25). The van der Waals surface area contributed by atoms with Crippen LogP contribution in [0, 0.1) is 18.8 Å². The van der Waals surface area contributed by atoms with Crippen LogP contribution in [0.25, 0.3) is 0 Å². The highest BCUT2D eigenvalue weighted by Gasteiger charge is 2.30. The van der Waals surface area contributed by atoms with Gasteiger partial charge in [-0.25, -0.2) is 0 Å². The zero-order chi connectivity index (χ0) is 19.2. The van der Waals surface area contributed by atoms with Crippen molar-refractivity contribution in [3.8, 4) is 11.8 Å². The van der Waals surface area contributed by atoms with Crippen molar-refractivity contribution in [2.45, 2.75) is 25.9 Å². The number of carbonyl (C=O) groups excluding carboxylic acids is 2. The van der Waals surface area contributed by atoms with Crippen molar-refractivity contribution in [3.63, 3.8) is 0 Å². The molecule has 7 heteroatoms. The number of Topliss-reactive ketones (excluding diaryl/α,β-unsaturated/α-hetero) is 1. The Morgan fingerprint density at radius 3 is 2.58 bits per heavy atom. The molecule has 1 amide bonds. The van der Waals surface area contributed by atoms with Gasteiger partial charge in [0.2, 0.25) is 5.91 Å². The van der Waals surface area contributed by atoms with Crippen LogP contribution in [-0.4, -0.2) is 18.2 Å². The first kappa shape index (κ1) is 19.7. The van der Waals surface area contributed by atoms with Crippen molar-refractivity contribution in [2.24, 2.45) is 0 Å². The quantitative estimate of drug-likeness (QED) is 0.625. The normalized spacial score (nSPS) is 10.8. The third-order valence-electron chi connectivity index (χ3n) is 3.39. The van der Waals surface area contributed by atoms with Gasteiger partial charge in [-0.2, -0.15) is 13.2 Å². The first-order chi connectivity index (χ1) is 12.3. The average molecular weight is 379 g/mol. The van der Waals surface area contributed by atoms with E-state index in [1.165, 1.54) is 23.5 Å². The van der Waals surface area contributed by atoms with Crippen molar-refractivity contribution < 1.29 is 22.8 Å². The van der Waals surface area contributed by atoms with Crippen molar-refractivity contribution in [1.29, 1.82) is 0 Å². The van der Waals surface area contributed by atoms with Crippen LogP contribution in [0.3, 0.4) is 0 Å². The van der Waals surface area contributed by atoms with Crippen molar-refractivity contribution >= 4 is 23.0 Å². The molecular weight excluding hydrogens is 363 g/mol. The van der Waals surface area contributed by atoms with Gasteiger partial charge in [-0.1, -0.05) is 17.9 Å². The van der Waals surface area contributed by atoms with Gasteiger partial charge in [0.15, 0.2) is 5.78 Å². The van der Waals surface area contributed by atoms with Gasteiger partial charge in [-0.15, -0.1) is 11.3 Å². The number of rotatable bonds is 5.